The number of benzene rings is 1. The number of nitrogens with one attached hydrogen (secondary N) is 2. The summed E-state index contributed by atoms with van der Waals surface area (Å²) in [7, 11) is 6.24. The van der Waals surface area contributed by atoms with Crippen molar-refractivity contribution >= 4 is 0 Å². The molecule has 3 heteroatoms. The van der Waals surface area contributed by atoms with Crippen LogP contribution in [0.1, 0.15) is 18.5 Å². The highest BCUT2D eigenvalue weighted by atomic mass is 15.1. The first-order valence-corrected chi connectivity index (χ1v) is 6.72. The van der Waals surface area contributed by atoms with E-state index in [0.717, 1.165) is 19.6 Å². The van der Waals surface area contributed by atoms with Gasteiger partial charge in [-0.25, -0.2) is 0 Å². The van der Waals surface area contributed by atoms with Gasteiger partial charge in [0.05, 0.1) is 0 Å². The van der Waals surface area contributed by atoms with Crippen molar-refractivity contribution in [1.82, 2.24) is 15.5 Å². The van der Waals surface area contributed by atoms with E-state index in [9.17, 15) is 0 Å². The predicted octanol–water partition coefficient (Wildman–Crippen LogP) is 1.73. The zero-order valence-electron chi connectivity index (χ0n) is 12.1. The molecular formula is C15H27N3. The Morgan fingerprint density at radius 2 is 1.83 bits per heavy atom. The van der Waals surface area contributed by atoms with Crippen LogP contribution in [0, 0.1) is 5.92 Å². The Morgan fingerprint density at radius 1 is 1.17 bits per heavy atom. The third-order valence-electron chi connectivity index (χ3n) is 3.24. The van der Waals surface area contributed by atoms with Crippen LogP contribution in [-0.4, -0.2) is 45.7 Å². The highest BCUT2D eigenvalue weighted by Crippen LogP contribution is 2.20. The van der Waals surface area contributed by atoms with Crippen LogP contribution < -0.4 is 10.6 Å². The third kappa shape index (κ3) is 5.17. The van der Waals surface area contributed by atoms with Crippen molar-refractivity contribution in [3.8, 4) is 0 Å². The van der Waals surface area contributed by atoms with Crippen molar-refractivity contribution in [3.05, 3.63) is 35.9 Å². The van der Waals surface area contributed by atoms with Crippen LogP contribution in [0.5, 0.6) is 0 Å². The van der Waals surface area contributed by atoms with Gasteiger partial charge in [-0.3, -0.25) is 0 Å². The third-order valence-corrected chi connectivity index (χ3v) is 3.24. The standard InChI is InChI=1S/C15H27N3/c1-13(12-17-10-11-18(3)4)15(16-2)14-8-6-5-7-9-14/h5-9,13,15-17H,10-12H2,1-4H3/t13-,15+/m0/s1. The fraction of sp³-hybridized carbons (Fsp3) is 0.600. The van der Waals surface area contributed by atoms with E-state index in [1.165, 1.54) is 5.56 Å². The first-order chi connectivity index (χ1) is 8.65. The Labute approximate surface area is 112 Å². The molecule has 0 aliphatic carbocycles. The zero-order chi connectivity index (χ0) is 13.4. The quantitative estimate of drug-likeness (QED) is 0.687. The second-order valence-electron chi connectivity index (χ2n) is 5.16. The molecule has 0 amide bonds. The molecule has 0 aliphatic heterocycles. The number of likely N-dealkylation sites (N-methyl/N-ethyl adjacent to an activating group) is 1. The Morgan fingerprint density at radius 3 is 2.39 bits per heavy atom. The molecule has 0 aromatic heterocycles. The summed E-state index contributed by atoms with van der Waals surface area (Å²) in [6.07, 6.45) is 0. The molecule has 0 spiro atoms. The number of rotatable bonds is 8. The molecule has 0 saturated heterocycles. The van der Waals surface area contributed by atoms with E-state index in [0.29, 0.717) is 12.0 Å². The minimum Gasteiger partial charge on any atom is -0.315 e. The maximum atomic E-state index is 3.52. The summed E-state index contributed by atoms with van der Waals surface area (Å²) in [4.78, 5) is 2.20. The average Bonchev–Trinajstić information content (AvgIpc) is 2.36. The summed E-state index contributed by atoms with van der Waals surface area (Å²) in [5.41, 5.74) is 1.36. The summed E-state index contributed by atoms with van der Waals surface area (Å²) in [6, 6.07) is 11.1. The van der Waals surface area contributed by atoms with E-state index in [4.69, 9.17) is 0 Å². The van der Waals surface area contributed by atoms with Crippen molar-refractivity contribution in [2.75, 3.05) is 40.8 Å². The molecule has 0 unspecified atom stereocenters. The smallest absolute Gasteiger partial charge is 0.0355 e. The lowest BCUT2D eigenvalue weighted by Gasteiger charge is -2.24. The second-order valence-corrected chi connectivity index (χ2v) is 5.16. The lowest BCUT2D eigenvalue weighted by atomic mass is 9.94. The molecule has 0 saturated carbocycles. The first kappa shape index (κ1) is 15.2. The number of nitrogens with zero attached hydrogens (tertiary/aromatic N) is 1. The molecule has 2 atom stereocenters. The molecular weight excluding hydrogens is 222 g/mol. The van der Waals surface area contributed by atoms with Gasteiger partial charge in [0.15, 0.2) is 0 Å². The highest BCUT2D eigenvalue weighted by molar-refractivity contribution is 5.19. The molecule has 102 valence electrons. The Kier molecular flexibility index (Phi) is 6.94. The molecule has 0 fully saturated rings. The second kappa shape index (κ2) is 8.25. The van der Waals surface area contributed by atoms with Crippen molar-refractivity contribution in [1.29, 1.82) is 0 Å². The Balaban J connectivity index is 2.41. The first-order valence-electron chi connectivity index (χ1n) is 6.72. The fourth-order valence-corrected chi connectivity index (χ4v) is 2.19. The molecule has 3 nitrogen and oxygen atoms in total. The van der Waals surface area contributed by atoms with Crippen LogP contribution in [0.2, 0.25) is 0 Å². The summed E-state index contributed by atoms with van der Waals surface area (Å²) in [5.74, 6) is 0.569. The average molecular weight is 249 g/mol. The van der Waals surface area contributed by atoms with Gasteiger partial charge in [0.1, 0.15) is 0 Å². The lowest BCUT2D eigenvalue weighted by Crippen LogP contribution is -2.34. The molecule has 0 heterocycles. The summed E-state index contributed by atoms with van der Waals surface area (Å²) in [6.45, 7) is 5.45. The molecule has 1 aromatic rings. The van der Waals surface area contributed by atoms with Gasteiger partial charge in [-0.05, 0) is 39.2 Å². The van der Waals surface area contributed by atoms with Crippen molar-refractivity contribution in [2.24, 2.45) is 5.92 Å². The van der Waals surface area contributed by atoms with Gasteiger partial charge in [-0.2, -0.15) is 0 Å². The van der Waals surface area contributed by atoms with E-state index in [-0.39, 0.29) is 0 Å². The van der Waals surface area contributed by atoms with Crippen LogP contribution >= 0.6 is 0 Å². The van der Waals surface area contributed by atoms with Crippen LogP contribution in [0.3, 0.4) is 0 Å². The van der Waals surface area contributed by atoms with Crippen molar-refractivity contribution in [3.63, 3.8) is 0 Å². The van der Waals surface area contributed by atoms with E-state index in [1.807, 2.05) is 7.05 Å². The SMILES string of the molecule is CN[C@@H](c1ccccc1)[C@@H](C)CNCCN(C)C. The van der Waals surface area contributed by atoms with E-state index in [2.05, 4.69) is 66.9 Å². The monoisotopic (exact) mass is 249 g/mol. The summed E-state index contributed by atoms with van der Waals surface area (Å²) >= 11 is 0. The van der Waals surface area contributed by atoms with Gasteiger partial charge >= 0.3 is 0 Å². The van der Waals surface area contributed by atoms with Gasteiger partial charge in [-0.1, -0.05) is 37.3 Å². The fourth-order valence-electron chi connectivity index (χ4n) is 2.19. The van der Waals surface area contributed by atoms with Crippen LogP contribution in [-0.2, 0) is 0 Å². The van der Waals surface area contributed by atoms with Crippen LogP contribution in [0.25, 0.3) is 0 Å². The number of hydrogen-bond donors (Lipinski definition) is 2. The zero-order valence-corrected chi connectivity index (χ0v) is 12.1. The maximum absolute atomic E-state index is 3.52. The minimum atomic E-state index is 0.415. The van der Waals surface area contributed by atoms with Gasteiger partial charge in [0.25, 0.3) is 0 Å². The molecule has 0 bridgehead atoms. The normalized spacial score (nSPS) is 14.7. The maximum Gasteiger partial charge on any atom is 0.0355 e. The molecule has 1 rings (SSSR count). The molecule has 0 aliphatic rings. The van der Waals surface area contributed by atoms with Gasteiger partial charge < -0.3 is 15.5 Å². The van der Waals surface area contributed by atoms with Gasteiger partial charge in [0, 0.05) is 19.1 Å². The molecule has 0 radical (unpaired) electrons. The lowest BCUT2D eigenvalue weighted by molar-refractivity contribution is 0.360. The van der Waals surface area contributed by atoms with E-state index >= 15 is 0 Å². The number of hydrogen-bond acceptors (Lipinski definition) is 3. The largest absolute Gasteiger partial charge is 0.315 e. The Hall–Kier alpha value is -0.900. The molecule has 18 heavy (non-hydrogen) atoms. The summed E-state index contributed by atoms with van der Waals surface area (Å²) in [5, 5.41) is 6.94. The minimum absolute atomic E-state index is 0.415. The van der Waals surface area contributed by atoms with Crippen LogP contribution in [0.4, 0.5) is 0 Å². The predicted molar refractivity (Wildman–Crippen MR) is 78.8 cm³/mol. The van der Waals surface area contributed by atoms with Gasteiger partial charge in [-0.15, -0.1) is 0 Å². The van der Waals surface area contributed by atoms with Gasteiger partial charge in [0.2, 0.25) is 0 Å². The topological polar surface area (TPSA) is 27.3 Å². The molecule has 2 N–H and O–H groups in total. The van der Waals surface area contributed by atoms with E-state index < -0.39 is 0 Å². The van der Waals surface area contributed by atoms with Crippen molar-refractivity contribution in [2.45, 2.75) is 13.0 Å². The van der Waals surface area contributed by atoms with E-state index in [1.54, 1.807) is 0 Å². The van der Waals surface area contributed by atoms with Crippen LogP contribution in [0.15, 0.2) is 30.3 Å². The summed E-state index contributed by atoms with van der Waals surface area (Å²) < 4.78 is 0. The Bertz CT molecular complexity index is 311. The van der Waals surface area contributed by atoms with Crippen molar-refractivity contribution < 1.29 is 0 Å². The highest BCUT2D eigenvalue weighted by Gasteiger charge is 2.16. The molecule has 1 aromatic carbocycles.